The Balaban J connectivity index is 3.15. The van der Waals surface area contributed by atoms with Gasteiger partial charge in [-0.15, -0.1) is 0 Å². The van der Waals surface area contributed by atoms with Crippen LogP contribution in [0, 0.1) is 17.3 Å². The SMILES string of the molecule is COC(=O)C(=CC1C(C(=O)O)C1(C)C)S(C)(=O)=O. The van der Waals surface area contributed by atoms with Crippen molar-refractivity contribution in [1.29, 1.82) is 0 Å². The van der Waals surface area contributed by atoms with Gasteiger partial charge in [-0.05, 0) is 11.3 Å². The number of rotatable bonds is 4. The summed E-state index contributed by atoms with van der Waals surface area (Å²) in [6.07, 6.45) is 2.08. The first-order valence-corrected chi connectivity index (χ1v) is 7.15. The molecular weight excluding hydrogens is 260 g/mol. The van der Waals surface area contributed by atoms with Crippen LogP contribution in [-0.2, 0) is 24.2 Å². The van der Waals surface area contributed by atoms with Crippen molar-refractivity contribution in [2.24, 2.45) is 17.3 Å². The van der Waals surface area contributed by atoms with Crippen molar-refractivity contribution >= 4 is 21.8 Å². The molecule has 1 saturated carbocycles. The number of carboxylic acid groups (broad SMARTS) is 1. The van der Waals surface area contributed by atoms with Gasteiger partial charge in [-0.2, -0.15) is 0 Å². The van der Waals surface area contributed by atoms with Gasteiger partial charge in [-0.3, -0.25) is 4.79 Å². The van der Waals surface area contributed by atoms with E-state index in [1.807, 2.05) is 0 Å². The second-order valence-corrected chi connectivity index (χ2v) is 6.94. The summed E-state index contributed by atoms with van der Waals surface area (Å²) in [6, 6.07) is 0. The van der Waals surface area contributed by atoms with Gasteiger partial charge < -0.3 is 9.84 Å². The Labute approximate surface area is 106 Å². The van der Waals surface area contributed by atoms with Crippen molar-refractivity contribution in [3.05, 3.63) is 11.0 Å². The van der Waals surface area contributed by atoms with Gasteiger partial charge in [0.1, 0.15) is 4.91 Å². The van der Waals surface area contributed by atoms with E-state index in [0.29, 0.717) is 0 Å². The third-order valence-electron chi connectivity index (χ3n) is 3.29. The van der Waals surface area contributed by atoms with Crippen LogP contribution in [0.4, 0.5) is 0 Å². The molecule has 2 atom stereocenters. The molecule has 0 spiro atoms. The first kappa shape index (κ1) is 14.7. The number of hydrogen-bond acceptors (Lipinski definition) is 5. The molecule has 1 fully saturated rings. The van der Waals surface area contributed by atoms with E-state index < -0.39 is 43.9 Å². The number of aliphatic carboxylic acids is 1. The molecule has 1 aliphatic rings. The maximum absolute atomic E-state index is 11.5. The Morgan fingerprint density at radius 2 is 1.83 bits per heavy atom. The number of carbonyl (C=O) groups excluding carboxylic acids is 1. The Bertz CT molecular complexity index is 514. The summed E-state index contributed by atoms with van der Waals surface area (Å²) < 4.78 is 27.3. The number of ether oxygens (including phenoxy) is 1. The van der Waals surface area contributed by atoms with Gasteiger partial charge in [0.2, 0.25) is 0 Å². The molecular formula is C11H16O6S. The molecule has 0 aromatic rings. The zero-order chi connectivity index (χ0) is 14.3. The molecule has 2 unspecified atom stereocenters. The number of esters is 1. The van der Waals surface area contributed by atoms with E-state index in [1.54, 1.807) is 13.8 Å². The van der Waals surface area contributed by atoms with Crippen LogP contribution < -0.4 is 0 Å². The Morgan fingerprint density at radius 1 is 1.33 bits per heavy atom. The molecule has 0 aliphatic heterocycles. The lowest BCUT2D eigenvalue weighted by molar-refractivity contribution is -0.139. The maximum Gasteiger partial charge on any atom is 0.349 e. The van der Waals surface area contributed by atoms with Gasteiger partial charge in [0.25, 0.3) is 0 Å². The van der Waals surface area contributed by atoms with Crippen molar-refractivity contribution < 1.29 is 27.9 Å². The van der Waals surface area contributed by atoms with Crippen molar-refractivity contribution in [3.8, 4) is 0 Å². The van der Waals surface area contributed by atoms with Gasteiger partial charge in [0.05, 0.1) is 13.0 Å². The Hall–Kier alpha value is -1.37. The number of carboxylic acids is 1. The second-order valence-electron chi connectivity index (χ2n) is 4.96. The fourth-order valence-electron chi connectivity index (χ4n) is 2.07. The van der Waals surface area contributed by atoms with Crippen LogP contribution in [0.25, 0.3) is 0 Å². The summed E-state index contributed by atoms with van der Waals surface area (Å²) in [4.78, 5) is 21.9. The third-order valence-corrected chi connectivity index (χ3v) is 4.40. The van der Waals surface area contributed by atoms with Crippen molar-refractivity contribution in [3.63, 3.8) is 0 Å². The highest BCUT2D eigenvalue weighted by Gasteiger charge is 2.61. The van der Waals surface area contributed by atoms with Gasteiger partial charge in [-0.25, -0.2) is 13.2 Å². The minimum absolute atomic E-state index is 0.480. The van der Waals surface area contributed by atoms with E-state index >= 15 is 0 Å². The highest BCUT2D eigenvalue weighted by Crippen LogP contribution is 2.59. The summed E-state index contributed by atoms with van der Waals surface area (Å²) in [7, 11) is -2.66. The minimum Gasteiger partial charge on any atom is -0.481 e. The predicted octanol–water partition coefficient (Wildman–Crippen LogP) is 0.445. The van der Waals surface area contributed by atoms with Crippen LogP contribution in [0.2, 0.25) is 0 Å². The van der Waals surface area contributed by atoms with E-state index in [1.165, 1.54) is 6.08 Å². The highest BCUT2D eigenvalue weighted by atomic mass is 32.2. The van der Waals surface area contributed by atoms with Crippen molar-refractivity contribution in [2.45, 2.75) is 13.8 Å². The number of allylic oxidation sites excluding steroid dienone is 1. The molecule has 0 aromatic heterocycles. The average Bonchev–Trinajstić information content (AvgIpc) is 2.74. The van der Waals surface area contributed by atoms with Crippen LogP contribution in [0.15, 0.2) is 11.0 Å². The molecule has 0 bridgehead atoms. The Morgan fingerprint density at radius 3 is 2.11 bits per heavy atom. The maximum atomic E-state index is 11.5. The zero-order valence-corrected chi connectivity index (χ0v) is 11.4. The van der Waals surface area contributed by atoms with E-state index in [9.17, 15) is 18.0 Å². The predicted molar refractivity (Wildman–Crippen MR) is 63.3 cm³/mol. The lowest BCUT2D eigenvalue weighted by Crippen LogP contribution is -2.14. The molecule has 0 saturated heterocycles. The van der Waals surface area contributed by atoms with Crippen molar-refractivity contribution in [2.75, 3.05) is 13.4 Å². The summed E-state index contributed by atoms with van der Waals surface area (Å²) in [5.74, 6) is -3.14. The molecule has 0 radical (unpaired) electrons. The summed E-state index contributed by atoms with van der Waals surface area (Å²) in [6.45, 7) is 3.42. The molecule has 1 N–H and O–H groups in total. The molecule has 18 heavy (non-hydrogen) atoms. The van der Waals surface area contributed by atoms with Crippen LogP contribution in [0.5, 0.6) is 0 Å². The monoisotopic (exact) mass is 276 g/mol. The highest BCUT2D eigenvalue weighted by molar-refractivity contribution is 7.95. The molecule has 102 valence electrons. The summed E-state index contributed by atoms with van der Waals surface area (Å²) >= 11 is 0. The first-order valence-electron chi connectivity index (χ1n) is 5.26. The van der Waals surface area contributed by atoms with E-state index in [2.05, 4.69) is 4.74 Å². The first-order chi connectivity index (χ1) is 8.03. The van der Waals surface area contributed by atoms with Crippen LogP contribution >= 0.6 is 0 Å². The Kier molecular flexibility index (Phi) is 3.58. The topological polar surface area (TPSA) is 97.7 Å². The molecule has 1 rings (SSSR count). The lowest BCUT2D eigenvalue weighted by atomic mass is 10.1. The standard InChI is InChI=1S/C11H16O6S/c1-11(2)6(8(11)9(12)13)5-7(10(14)17-3)18(4,15)16/h5-6,8H,1-4H3,(H,12,13). The minimum atomic E-state index is -3.74. The smallest absolute Gasteiger partial charge is 0.349 e. The summed E-state index contributed by atoms with van der Waals surface area (Å²) in [5.41, 5.74) is -0.560. The molecule has 0 aromatic carbocycles. The molecule has 7 heteroatoms. The van der Waals surface area contributed by atoms with Crippen LogP contribution in [0.3, 0.4) is 0 Å². The number of sulfone groups is 1. The van der Waals surface area contributed by atoms with E-state index in [4.69, 9.17) is 5.11 Å². The lowest BCUT2D eigenvalue weighted by Gasteiger charge is -2.03. The molecule has 1 aliphatic carbocycles. The third kappa shape index (κ3) is 2.55. The molecule has 0 amide bonds. The van der Waals surface area contributed by atoms with Crippen LogP contribution in [-0.4, -0.2) is 38.8 Å². The number of carbonyl (C=O) groups is 2. The quantitative estimate of drug-likeness (QED) is 0.591. The largest absolute Gasteiger partial charge is 0.481 e. The van der Waals surface area contributed by atoms with Gasteiger partial charge >= 0.3 is 11.9 Å². The van der Waals surface area contributed by atoms with Gasteiger partial charge in [-0.1, -0.05) is 19.9 Å². The van der Waals surface area contributed by atoms with Crippen molar-refractivity contribution in [1.82, 2.24) is 0 Å². The normalized spacial score (nSPS) is 26.6. The van der Waals surface area contributed by atoms with Gasteiger partial charge in [0.15, 0.2) is 9.84 Å². The second kappa shape index (κ2) is 4.38. The average molecular weight is 276 g/mol. The molecule has 0 heterocycles. The molecule has 6 nitrogen and oxygen atoms in total. The number of hydrogen-bond donors (Lipinski definition) is 1. The van der Waals surface area contributed by atoms with E-state index in [-0.39, 0.29) is 0 Å². The fraction of sp³-hybridized carbons (Fsp3) is 0.636. The van der Waals surface area contributed by atoms with E-state index in [0.717, 1.165) is 13.4 Å². The number of methoxy groups -OCH3 is 1. The van der Waals surface area contributed by atoms with Crippen LogP contribution in [0.1, 0.15) is 13.8 Å². The summed E-state index contributed by atoms with van der Waals surface area (Å²) in [5, 5.41) is 8.98. The zero-order valence-electron chi connectivity index (χ0n) is 10.6. The van der Waals surface area contributed by atoms with Gasteiger partial charge in [0, 0.05) is 6.26 Å². The fourth-order valence-corrected chi connectivity index (χ4v) is 2.85.